The van der Waals surface area contributed by atoms with Crippen molar-refractivity contribution in [2.24, 2.45) is 0 Å². The third-order valence-electron chi connectivity index (χ3n) is 6.37. The number of hydrogen-bond acceptors (Lipinski definition) is 4. The number of carbonyl (C=O) groups is 2. The fourth-order valence-electron chi connectivity index (χ4n) is 4.78. The predicted molar refractivity (Wildman–Crippen MR) is 137 cm³/mol. The second-order valence-electron chi connectivity index (χ2n) is 8.43. The third-order valence-corrected chi connectivity index (χ3v) is 7.02. The molecule has 2 aromatic rings. The van der Waals surface area contributed by atoms with E-state index in [1.54, 1.807) is 15.2 Å². The summed E-state index contributed by atoms with van der Waals surface area (Å²) in [5, 5.41) is 3.27. The first-order valence-corrected chi connectivity index (χ1v) is 12.9. The van der Waals surface area contributed by atoms with Crippen molar-refractivity contribution in [1.29, 1.82) is 0 Å². The van der Waals surface area contributed by atoms with Gasteiger partial charge >= 0.3 is 5.69 Å². The minimum Gasteiger partial charge on any atom is -0.340 e. The molecule has 1 aromatic carbocycles. The maximum absolute atomic E-state index is 13.8. The molecule has 0 bridgehead atoms. The molecular weight excluding hydrogens is 533 g/mol. The number of likely N-dealkylation sites (tertiary alicyclic amines) is 1. The molecule has 2 saturated heterocycles. The molecule has 2 fully saturated rings. The van der Waals surface area contributed by atoms with Crippen LogP contribution in [-0.4, -0.2) is 74.4 Å². The summed E-state index contributed by atoms with van der Waals surface area (Å²) < 4.78 is 3.73. The lowest BCUT2D eigenvalue weighted by molar-refractivity contribution is -0.129. The van der Waals surface area contributed by atoms with Gasteiger partial charge in [-0.05, 0) is 12.8 Å². The van der Waals surface area contributed by atoms with Crippen molar-refractivity contribution in [1.82, 2.24) is 24.3 Å². The van der Waals surface area contributed by atoms with Crippen molar-refractivity contribution in [3.05, 3.63) is 59.2 Å². The summed E-state index contributed by atoms with van der Waals surface area (Å²) in [4.78, 5) is 43.6. The van der Waals surface area contributed by atoms with Gasteiger partial charge in [-0.15, -0.1) is 6.58 Å². The number of carbonyl (C=O) groups excluding carboxylic acids is 2. The van der Waals surface area contributed by atoms with E-state index in [-0.39, 0.29) is 30.1 Å². The van der Waals surface area contributed by atoms with Gasteiger partial charge in [0.2, 0.25) is 5.91 Å². The minimum absolute atomic E-state index is 0.0808. The van der Waals surface area contributed by atoms with Crippen LogP contribution in [0.2, 0.25) is 0 Å². The Morgan fingerprint density at radius 1 is 1.12 bits per heavy atom. The van der Waals surface area contributed by atoms with E-state index in [0.717, 1.165) is 31.5 Å². The van der Waals surface area contributed by atoms with Gasteiger partial charge in [-0.2, -0.15) is 0 Å². The Labute approximate surface area is 207 Å². The Bertz CT molecular complexity index is 1070. The van der Waals surface area contributed by atoms with E-state index >= 15 is 0 Å². The molecule has 9 heteroatoms. The van der Waals surface area contributed by atoms with Gasteiger partial charge in [0, 0.05) is 51.4 Å². The summed E-state index contributed by atoms with van der Waals surface area (Å²) in [7, 11) is 0. The molecule has 0 spiro atoms. The molecule has 2 aliphatic rings. The van der Waals surface area contributed by atoms with Crippen molar-refractivity contribution in [3.8, 4) is 11.3 Å². The Hall–Kier alpha value is -2.40. The molecule has 176 valence electrons. The van der Waals surface area contributed by atoms with E-state index in [2.05, 4.69) is 34.5 Å². The van der Waals surface area contributed by atoms with Gasteiger partial charge in [-0.3, -0.25) is 18.7 Å². The van der Waals surface area contributed by atoms with Crippen LogP contribution in [0, 0.1) is 0 Å². The highest BCUT2D eigenvalue weighted by Gasteiger charge is 2.34. The average molecular weight is 563 g/mol. The van der Waals surface area contributed by atoms with E-state index in [0.29, 0.717) is 42.0 Å². The van der Waals surface area contributed by atoms with Gasteiger partial charge in [-0.1, -0.05) is 59.0 Å². The van der Waals surface area contributed by atoms with Crippen LogP contribution in [0.3, 0.4) is 0 Å². The summed E-state index contributed by atoms with van der Waals surface area (Å²) in [6, 6.07) is 9.45. The Balaban J connectivity index is 1.89. The number of aromatic nitrogens is 2. The molecule has 8 nitrogen and oxygen atoms in total. The highest BCUT2D eigenvalue weighted by molar-refractivity contribution is 14.1. The number of halogens is 1. The number of imidazole rings is 1. The molecule has 0 aliphatic carbocycles. The topological polar surface area (TPSA) is 79.6 Å². The normalized spacial score (nSPS) is 18.9. The van der Waals surface area contributed by atoms with Crippen molar-refractivity contribution in [2.75, 3.05) is 43.7 Å². The van der Waals surface area contributed by atoms with Crippen LogP contribution in [0.25, 0.3) is 11.3 Å². The number of piperidine rings is 1. The highest BCUT2D eigenvalue weighted by atomic mass is 127. The number of benzene rings is 1. The standard InChI is InChI=1S/C24H30IN5O3/c1-2-12-29-22(23(32)27-14-10-26-11-15-27)21(18-7-4-3-5-8-18)30(24(29)33)19-9-6-13-28(17-19)20(31)16-25/h2-5,7-8,19,26H,1,6,9-17H2. The van der Waals surface area contributed by atoms with Gasteiger partial charge in [0.1, 0.15) is 5.69 Å². The van der Waals surface area contributed by atoms with Crippen LogP contribution in [0.5, 0.6) is 0 Å². The van der Waals surface area contributed by atoms with Crippen LogP contribution in [-0.2, 0) is 11.3 Å². The zero-order chi connectivity index (χ0) is 23.4. The highest BCUT2D eigenvalue weighted by Crippen LogP contribution is 2.31. The molecule has 1 atom stereocenters. The molecule has 33 heavy (non-hydrogen) atoms. The average Bonchev–Trinajstić information content (AvgIpc) is 3.16. The van der Waals surface area contributed by atoms with E-state index in [4.69, 9.17) is 0 Å². The van der Waals surface area contributed by atoms with Gasteiger partial charge in [-0.25, -0.2) is 4.79 Å². The zero-order valence-electron chi connectivity index (χ0n) is 18.7. The number of hydrogen-bond donors (Lipinski definition) is 1. The molecule has 2 amide bonds. The molecule has 1 unspecified atom stereocenters. The summed E-state index contributed by atoms with van der Waals surface area (Å²) in [6.45, 7) is 7.91. The van der Waals surface area contributed by atoms with Crippen molar-refractivity contribution in [2.45, 2.75) is 25.4 Å². The van der Waals surface area contributed by atoms with E-state index in [1.807, 2.05) is 40.1 Å². The number of amides is 2. The quantitative estimate of drug-likeness (QED) is 0.332. The fourth-order valence-corrected chi connectivity index (χ4v) is 5.27. The second-order valence-corrected chi connectivity index (χ2v) is 9.19. The maximum Gasteiger partial charge on any atom is 0.329 e. The molecule has 1 N–H and O–H groups in total. The minimum atomic E-state index is -0.221. The van der Waals surface area contributed by atoms with Crippen molar-refractivity contribution in [3.63, 3.8) is 0 Å². The Morgan fingerprint density at radius 3 is 2.52 bits per heavy atom. The first kappa shape index (κ1) is 23.7. The SMILES string of the molecule is C=CCn1c(C(=O)N2CCNCC2)c(-c2ccccc2)n(C2CCCN(C(=O)CI)C2)c1=O. The van der Waals surface area contributed by atoms with Gasteiger partial charge in [0.05, 0.1) is 16.2 Å². The lowest BCUT2D eigenvalue weighted by Crippen LogP contribution is -2.47. The Morgan fingerprint density at radius 2 is 1.85 bits per heavy atom. The lowest BCUT2D eigenvalue weighted by atomic mass is 10.0. The summed E-state index contributed by atoms with van der Waals surface area (Å²) in [6.07, 6.45) is 3.26. The summed E-state index contributed by atoms with van der Waals surface area (Å²) >= 11 is 2.08. The zero-order valence-corrected chi connectivity index (χ0v) is 20.9. The van der Waals surface area contributed by atoms with Gasteiger partial charge < -0.3 is 15.1 Å². The van der Waals surface area contributed by atoms with Crippen molar-refractivity contribution < 1.29 is 9.59 Å². The van der Waals surface area contributed by atoms with Crippen LogP contribution in [0.1, 0.15) is 29.4 Å². The molecular formula is C24H30IN5O3. The van der Waals surface area contributed by atoms with Crippen LogP contribution >= 0.6 is 22.6 Å². The molecule has 3 heterocycles. The second kappa shape index (κ2) is 10.7. The number of nitrogens with zero attached hydrogens (tertiary/aromatic N) is 4. The van der Waals surface area contributed by atoms with Crippen molar-refractivity contribution >= 4 is 34.4 Å². The van der Waals surface area contributed by atoms with Gasteiger partial charge in [0.25, 0.3) is 5.91 Å². The largest absolute Gasteiger partial charge is 0.340 e. The predicted octanol–water partition coefficient (Wildman–Crippen LogP) is 2.15. The van der Waals surface area contributed by atoms with Crippen LogP contribution < -0.4 is 11.0 Å². The lowest BCUT2D eigenvalue weighted by Gasteiger charge is -2.33. The molecule has 1 aromatic heterocycles. The van der Waals surface area contributed by atoms with Crippen LogP contribution in [0.4, 0.5) is 0 Å². The van der Waals surface area contributed by atoms with Gasteiger partial charge in [0.15, 0.2) is 0 Å². The van der Waals surface area contributed by atoms with E-state index < -0.39 is 0 Å². The first-order chi connectivity index (χ1) is 16.1. The van der Waals surface area contributed by atoms with E-state index in [9.17, 15) is 14.4 Å². The third kappa shape index (κ3) is 4.79. The number of allylic oxidation sites excluding steroid dienone is 1. The maximum atomic E-state index is 13.8. The number of nitrogens with one attached hydrogen (secondary N) is 1. The molecule has 0 radical (unpaired) electrons. The Kier molecular flexibility index (Phi) is 7.69. The summed E-state index contributed by atoms with van der Waals surface area (Å²) in [5.41, 5.74) is 1.65. The molecule has 4 rings (SSSR count). The first-order valence-electron chi connectivity index (χ1n) is 11.4. The number of piperazine rings is 1. The number of alkyl halides is 1. The molecule has 0 saturated carbocycles. The monoisotopic (exact) mass is 563 g/mol. The molecule has 2 aliphatic heterocycles. The fraction of sp³-hybridized carbons (Fsp3) is 0.458. The summed E-state index contributed by atoms with van der Waals surface area (Å²) in [5.74, 6) is -0.0543. The number of rotatable bonds is 6. The smallest absolute Gasteiger partial charge is 0.329 e. The van der Waals surface area contributed by atoms with Crippen LogP contribution in [0.15, 0.2) is 47.8 Å². The van der Waals surface area contributed by atoms with E-state index in [1.165, 1.54) is 0 Å².